The summed E-state index contributed by atoms with van der Waals surface area (Å²) in [4.78, 5) is 0. The van der Waals surface area contributed by atoms with Gasteiger partial charge in [0.15, 0.2) is 0 Å². The topological polar surface area (TPSA) is 79.6 Å². The number of aromatic nitrogens is 3. The Balaban J connectivity index is 1.79. The molecule has 1 aromatic carbocycles. The van der Waals surface area contributed by atoms with Crippen molar-refractivity contribution in [2.75, 3.05) is 6.54 Å². The highest BCUT2D eigenvalue weighted by Gasteiger charge is 1.97. The molecule has 2 aromatic rings. The fraction of sp³-hybridized carbons (Fsp3) is 0.333. The summed E-state index contributed by atoms with van der Waals surface area (Å²) in [5, 5.41) is 13.6. The fourth-order valence-electron chi connectivity index (χ4n) is 1.64. The van der Waals surface area contributed by atoms with Crippen LogP contribution in [0.5, 0.6) is 0 Å². The Morgan fingerprint density at radius 2 is 1.88 bits per heavy atom. The summed E-state index contributed by atoms with van der Waals surface area (Å²) in [6, 6.07) is 8.50. The normalized spacial score (nSPS) is 10.6. The molecule has 0 amide bonds. The smallest absolute Gasteiger partial charge is 0.0962 e. The molecule has 4 N–H and O–H groups in total. The maximum Gasteiger partial charge on any atom is 0.0962 e. The second-order valence-electron chi connectivity index (χ2n) is 3.92. The molecule has 1 heterocycles. The lowest BCUT2D eigenvalue weighted by Crippen LogP contribution is -2.13. The molecule has 90 valence electrons. The standard InChI is InChI=1S/C12H17N5/c13-6-5-10-1-3-11(4-2-10)7-14-8-12-9-15-17-16-12/h1-4,9,14H,5-8,13H2,(H,15,16,17). The Bertz CT molecular complexity index is 421. The van der Waals surface area contributed by atoms with E-state index < -0.39 is 0 Å². The van der Waals surface area contributed by atoms with Crippen LogP contribution >= 0.6 is 0 Å². The van der Waals surface area contributed by atoms with E-state index in [0.29, 0.717) is 6.54 Å². The van der Waals surface area contributed by atoms with Crippen molar-refractivity contribution >= 4 is 0 Å². The molecule has 0 bridgehead atoms. The van der Waals surface area contributed by atoms with E-state index in [-0.39, 0.29) is 0 Å². The molecule has 0 aliphatic carbocycles. The first-order valence-corrected chi connectivity index (χ1v) is 5.72. The molecular formula is C12H17N5. The number of rotatable bonds is 6. The Morgan fingerprint density at radius 3 is 2.53 bits per heavy atom. The average Bonchev–Trinajstić information content (AvgIpc) is 2.85. The van der Waals surface area contributed by atoms with Gasteiger partial charge in [-0.2, -0.15) is 0 Å². The first kappa shape index (κ1) is 11.8. The van der Waals surface area contributed by atoms with Crippen LogP contribution in [0, 0.1) is 0 Å². The summed E-state index contributed by atoms with van der Waals surface area (Å²) < 4.78 is 0. The summed E-state index contributed by atoms with van der Waals surface area (Å²) >= 11 is 0. The van der Waals surface area contributed by atoms with Crippen LogP contribution in [0.1, 0.15) is 16.8 Å². The van der Waals surface area contributed by atoms with Gasteiger partial charge >= 0.3 is 0 Å². The van der Waals surface area contributed by atoms with E-state index in [1.165, 1.54) is 11.1 Å². The third-order valence-corrected chi connectivity index (χ3v) is 2.56. The fourth-order valence-corrected chi connectivity index (χ4v) is 1.64. The van der Waals surface area contributed by atoms with Gasteiger partial charge in [-0.3, -0.25) is 5.10 Å². The second-order valence-corrected chi connectivity index (χ2v) is 3.92. The molecule has 0 radical (unpaired) electrons. The molecule has 0 spiro atoms. The molecule has 17 heavy (non-hydrogen) atoms. The van der Waals surface area contributed by atoms with Gasteiger partial charge in [-0.15, -0.1) is 5.10 Å². The first-order valence-electron chi connectivity index (χ1n) is 5.72. The van der Waals surface area contributed by atoms with Crippen molar-refractivity contribution < 1.29 is 0 Å². The zero-order chi connectivity index (χ0) is 11.9. The lowest BCUT2D eigenvalue weighted by atomic mass is 10.1. The predicted molar refractivity (Wildman–Crippen MR) is 66.1 cm³/mol. The third kappa shape index (κ3) is 3.65. The number of nitrogens with one attached hydrogen (secondary N) is 2. The van der Waals surface area contributed by atoms with Gasteiger partial charge in [-0.05, 0) is 24.1 Å². The Kier molecular flexibility index (Phi) is 4.23. The van der Waals surface area contributed by atoms with Crippen molar-refractivity contribution in [3.8, 4) is 0 Å². The van der Waals surface area contributed by atoms with Gasteiger partial charge in [0.05, 0.1) is 5.69 Å². The molecule has 0 atom stereocenters. The van der Waals surface area contributed by atoms with Crippen LogP contribution in [0.15, 0.2) is 30.5 Å². The number of nitrogens with two attached hydrogens (primary N) is 1. The molecular weight excluding hydrogens is 214 g/mol. The maximum atomic E-state index is 5.50. The highest BCUT2D eigenvalue weighted by Crippen LogP contribution is 2.04. The quantitative estimate of drug-likeness (QED) is 0.680. The van der Waals surface area contributed by atoms with E-state index in [1.54, 1.807) is 6.20 Å². The Labute approximate surface area is 100 Å². The molecule has 5 heteroatoms. The number of hydrogen-bond acceptors (Lipinski definition) is 4. The van der Waals surface area contributed by atoms with Crippen molar-refractivity contribution in [3.05, 3.63) is 47.3 Å². The largest absolute Gasteiger partial charge is 0.330 e. The van der Waals surface area contributed by atoms with Gasteiger partial charge in [0.25, 0.3) is 0 Å². The minimum atomic E-state index is 0.698. The van der Waals surface area contributed by atoms with Crippen LogP contribution < -0.4 is 11.1 Å². The average molecular weight is 231 g/mol. The summed E-state index contributed by atoms with van der Waals surface area (Å²) in [7, 11) is 0. The van der Waals surface area contributed by atoms with E-state index in [4.69, 9.17) is 5.73 Å². The molecule has 2 rings (SSSR count). The number of benzene rings is 1. The molecule has 0 fully saturated rings. The van der Waals surface area contributed by atoms with Crippen LogP contribution in [0.3, 0.4) is 0 Å². The van der Waals surface area contributed by atoms with Crippen molar-refractivity contribution in [2.45, 2.75) is 19.5 Å². The van der Waals surface area contributed by atoms with E-state index in [0.717, 1.165) is 25.2 Å². The van der Waals surface area contributed by atoms with Gasteiger partial charge in [-0.1, -0.05) is 29.5 Å². The zero-order valence-corrected chi connectivity index (χ0v) is 9.69. The summed E-state index contributed by atoms with van der Waals surface area (Å²) in [6.07, 6.45) is 2.73. The minimum absolute atomic E-state index is 0.698. The van der Waals surface area contributed by atoms with E-state index in [2.05, 4.69) is 45.0 Å². The van der Waals surface area contributed by atoms with E-state index in [9.17, 15) is 0 Å². The maximum absolute atomic E-state index is 5.50. The van der Waals surface area contributed by atoms with Gasteiger partial charge in [-0.25, -0.2) is 0 Å². The summed E-state index contributed by atoms with van der Waals surface area (Å²) in [5.74, 6) is 0. The van der Waals surface area contributed by atoms with Crippen LogP contribution in [0.2, 0.25) is 0 Å². The highest BCUT2D eigenvalue weighted by molar-refractivity contribution is 5.22. The number of hydrogen-bond donors (Lipinski definition) is 3. The Hall–Kier alpha value is -1.72. The monoisotopic (exact) mass is 231 g/mol. The van der Waals surface area contributed by atoms with Gasteiger partial charge in [0.1, 0.15) is 0 Å². The van der Waals surface area contributed by atoms with Crippen molar-refractivity contribution in [3.63, 3.8) is 0 Å². The van der Waals surface area contributed by atoms with E-state index in [1.807, 2.05) is 0 Å². The minimum Gasteiger partial charge on any atom is -0.330 e. The van der Waals surface area contributed by atoms with Crippen LogP contribution in [0.25, 0.3) is 0 Å². The van der Waals surface area contributed by atoms with Crippen LogP contribution in [0.4, 0.5) is 0 Å². The summed E-state index contributed by atoms with van der Waals surface area (Å²) in [5.41, 5.74) is 8.97. The zero-order valence-electron chi connectivity index (χ0n) is 9.69. The van der Waals surface area contributed by atoms with Gasteiger partial charge in [0.2, 0.25) is 0 Å². The van der Waals surface area contributed by atoms with Crippen LogP contribution in [-0.2, 0) is 19.5 Å². The van der Waals surface area contributed by atoms with Crippen molar-refractivity contribution in [2.24, 2.45) is 5.73 Å². The first-order chi connectivity index (χ1) is 8.38. The van der Waals surface area contributed by atoms with Crippen LogP contribution in [-0.4, -0.2) is 22.0 Å². The number of H-pyrrole nitrogens is 1. The molecule has 0 aliphatic rings. The molecule has 0 unspecified atom stereocenters. The highest BCUT2D eigenvalue weighted by atomic mass is 15.3. The third-order valence-electron chi connectivity index (χ3n) is 2.56. The van der Waals surface area contributed by atoms with Gasteiger partial charge in [0, 0.05) is 19.3 Å². The van der Waals surface area contributed by atoms with Crippen molar-refractivity contribution in [1.29, 1.82) is 0 Å². The molecule has 0 saturated heterocycles. The van der Waals surface area contributed by atoms with Crippen molar-refractivity contribution in [1.82, 2.24) is 20.7 Å². The SMILES string of the molecule is NCCc1ccc(CNCc2c[nH]nn2)cc1. The number of nitrogens with zero attached hydrogens (tertiary/aromatic N) is 2. The predicted octanol–water partition coefficient (Wildman–Crippen LogP) is 0.596. The second kappa shape index (κ2) is 6.12. The lowest BCUT2D eigenvalue weighted by Gasteiger charge is -2.04. The number of aromatic amines is 1. The molecule has 1 aromatic heterocycles. The molecule has 0 saturated carbocycles. The summed E-state index contributed by atoms with van der Waals surface area (Å²) in [6.45, 7) is 2.25. The van der Waals surface area contributed by atoms with Gasteiger partial charge < -0.3 is 11.1 Å². The molecule has 5 nitrogen and oxygen atoms in total. The van der Waals surface area contributed by atoms with E-state index >= 15 is 0 Å². The molecule has 0 aliphatic heterocycles. The lowest BCUT2D eigenvalue weighted by molar-refractivity contribution is 0.677. The Morgan fingerprint density at radius 1 is 1.12 bits per heavy atom.